The maximum atomic E-state index is 13.9. The van der Waals surface area contributed by atoms with E-state index in [0.29, 0.717) is 38.4 Å². The second-order valence-corrected chi connectivity index (χ2v) is 6.36. The minimum absolute atomic E-state index is 0.0872. The summed E-state index contributed by atoms with van der Waals surface area (Å²) >= 11 is 0. The maximum Gasteiger partial charge on any atom is 0.317 e. The SMILES string of the molecule is Cc1nn(C)c(C)c1CNC(=O)N1CCN(c2ccccc2F)CC1. The molecule has 0 unspecified atom stereocenters. The zero-order chi connectivity index (χ0) is 18.0. The van der Waals surface area contributed by atoms with E-state index < -0.39 is 0 Å². The van der Waals surface area contributed by atoms with Crippen LogP contribution >= 0.6 is 0 Å². The van der Waals surface area contributed by atoms with Gasteiger partial charge in [-0.2, -0.15) is 5.10 Å². The van der Waals surface area contributed by atoms with E-state index in [9.17, 15) is 9.18 Å². The normalized spacial score (nSPS) is 14.7. The van der Waals surface area contributed by atoms with Gasteiger partial charge in [0.2, 0.25) is 0 Å². The maximum absolute atomic E-state index is 13.9. The summed E-state index contributed by atoms with van der Waals surface area (Å²) in [6.07, 6.45) is 0. The lowest BCUT2D eigenvalue weighted by molar-refractivity contribution is 0.194. The molecule has 134 valence electrons. The van der Waals surface area contributed by atoms with Crippen molar-refractivity contribution in [2.24, 2.45) is 7.05 Å². The Balaban J connectivity index is 1.54. The molecule has 2 amide bonds. The van der Waals surface area contributed by atoms with E-state index in [2.05, 4.69) is 10.4 Å². The second kappa shape index (κ2) is 7.13. The van der Waals surface area contributed by atoms with Gasteiger partial charge in [0.05, 0.1) is 11.4 Å². The molecule has 1 N–H and O–H groups in total. The number of aryl methyl sites for hydroxylation is 2. The molecule has 0 atom stereocenters. The molecule has 2 aromatic rings. The summed E-state index contributed by atoms with van der Waals surface area (Å²) in [4.78, 5) is 16.2. The Morgan fingerprint density at radius 2 is 1.88 bits per heavy atom. The Kier molecular flexibility index (Phi) is 4.92. The van der Waals surface area contributed by atoms with Crippen molar-refractivity contribution in [3.05, 3.63) is 47.0 Å². The molecule has 25 heavy (non-hydrogen) atoms. The third-order valence-corrected chi connectivity index (χ3v) is 4.84. The molecule has 0 radical (unpaired) electrons. The zero-order valence-corrected chi connectivity index (χ0v) is 14.9. The van der Waals surface area contributed by atoms with Crippen LogP contribution in [0.25, 0.3) is 0 Å². The number of para-hydroxylation sites is 1. The van der Waals surface area contributed by atoms with Crippen LogP contribution in [0, 0.1) is 19.7 Å². The van der Waals surface area contributed by atoms with Crippen LogP contribution in [0.15, 0.2) is 24.3 Å². The summed E-state index contributed by atoms with van der Waals surface area (Å²) in [5, 5.41) is 7.33. The number of urea groups is 1. The predicted octanol–water partition coefficient (Wildman–Crippen LogP) is 2.21. The molecule has 1 aromatic carbocycles. The van der Waals surface area contributed by atoms with E-state index >= 15 is 0 Å². The number of anilines is 1. The van der Waals surface area contributed by atoms with E-state index in [4.69, 9.17) is 0 Å². The van der Waals surface area contributed by atoms with Crippen molar-refractivity contribution in [3.8, 4) is 0 Å². The average molecular weight is 345 g/mol. The Bertz CT molecular complexity index is 765. The fourth-order valence-electron chi connectivity index (χ4n) is 3.21. The first-order valence-electron chi connectivity index (χ1n) is 8.48. The van der Waals surface area contributed by atoms with Gasteiger partial charge in [0.1, 0.15) is 5.82 Å². The first-order chi connectivity index (χ1) is 12.0. The highest BCUT2D eigenvalue weighted by atomic mass is 19.1. The molecular formula is C18H24FN5O. The summed E-state index contributed by atoms with van der Waals surface area (Å²) in [7, 11) is 1.90. The molecular weight excluding hydrogens is 321 g/mol. The van der Waals surface area contributed by atoms with Gasteiger partial charge >= 0.3 is 6.03 Å². The van der Waals surface area contributed by atoms with Gasteiger partial charge < -0.3 is 15.1 Å². The number of hydrogen-bond donors (Lipinski definition) is 1. The summed E-state index contributed by atoms with van der Waals surface area (Å²) in [5.41, 5.74) is 3.65. The molecule has 1 aromatic heterocycles. The fourth-order valence-corrected chi connectivity index (χ4v) is 3.21. The summed E-state index contributed by atoms with van der Waals surface area (Å²) < 4.78 is 15.7. The van der Waals surface area contributed by atoms with Crippen LogP contribution in [0.5, 0.6) is 0 Å². The Morgan fingerprint density at radius 1 is 1.20 bits per heavy atom. The van der Waals surface area contributed by atoms with Gasteiger partial charge in [0.15, 0.2) is 0 Å². The van der Waals surface area contributed by atoms with Crippen LogP contribution in [-0.4, -0.2) is 46.9 Å². The van der Waals surface area contributed by atoms with E-state index in [1.165, 1.54) is 6.07 Å². The van der Waals surface area contributed by atoms with Crippen molar-refractivity contribution < 1.29 is 9.18 Å². The minimum Gasteiger partial charge on any atom is -0.366 e. The number of amides is 2. The molecule has 0 spiro atoms. The Hall–Kier alpha value is -2.57. The third kappa shape index (κ3) is 3.60. The second-order valence-electron chi connectivity index (χ2n) is 6.36. The smallest absolute Gasteiger partial charge is 0.317 e. The molecule has 7 heteroatoms. The number of nitrogens with one attached hydrogen (secondary N) is 1. The summed E-state index contributed by atoms with van der Waals surface area (Å²) in [6.45, 7) is 6.81. The molecule has 2 heterocycles. The number of rotatable bonds is 3. The Morgan fingerprint density at radius 3 is 2.48 bits per heavy atom. The lowest BCUT2D eigenvalue weighted by atomic mass is 10.2. The van der Waals surface area contributed by atoms with Crippen LogP contribution in [0.2, 0.25) is 0 Å². The number of halogens is 1. The molecule has 0 bridgehead atoms. The van der Waals surface area contributed by atoms with Gasteiger partial charge in [-0.25, -0.2) is 9.18 Å². The van der Waals surface area contributed by atoms with E-state index in [1.807, 2.05) is 36.5 Å². The van der Waals surface area contributed by atoms with Gasteiger partial charge in [-0.15, -0.1) is 0 Å². The minimum atomic E-state index is -0.220. The zero-order valence-electron chi connectivity index (χ0n) is 14.9. The van der Waals surface area contributed by atoms with Crippen LogP contribution in [0.4, 0.5) is 14.9 Å². The van der Waals surface area contributed by atoms with Gasteiger partial charge in [-0.3, -0.25) is 4.68 Å². The standard InChI is InChI=1S/C18H24FN5O/c1-13-15(14(2)22(3)21-13)12-20-18(25)24-10-8-23(9-11-24)17-7-5-4-6-16(17)19/h4-7H,8-12H2,1-3H3,(H,20,25). The first-order valence-corrected chi connectivity index (χ1v) is 8.48. The molecule has 0 saturated carbocycles. The van der Waals surface area contributed by atoms with E-state index in [0.717, 1.165) is 17.0 Å². The molecule has 1 saturated heterocycles. The van der Waals surface area contributed by atoms with Crippen molar-refractivity contribution in [1.82, 2.24) is 20.0 Å². The lowest BCUT2D eigenvalue weighted by Crippen LogP contribution is -2.51. The fraction of sp³-hybridized carbons (Fsp3) is 0.444. The average Bonchev–Trinajstić information content (AvgIpc) is 2.85. The first kappa shape index (κ1) is 17.3. The van der Waals surface area contributed by atoms with Crippen LogP contribution in [-0.2, 0) is 13.6 Å². The van der Waals surface area contributed by atoms with Crippen molar-refractivity contribution >= 4 is 11.7 Å². The number of nitrogens with zero attached hydrogens (tertiary/aromatic N) is 4. The van der Waals surface area contributed by atoms with E-state index in [1.54, 1.807) is 17.0 Å². The van der Waals surface area contributed by atoms with Gasteiger partial charge in [-0.1, -0.05) is 12.1 Å². The highest BCUT2D eigenvalue weighted by Crippen LogP contribution is 2.20. The molecule has 1 fully saturated rings. The topological polar surface area (TPSA) is 53.4 Å². The van der Waals surface area contributed by atoms with Crippen molar-refractivity contribution in [2.75, 3.05) is 31.1 Å². The lowest BCUT2D eigenvalue weighted by Gasteiger charge is -2.36. The number of carbonyl (C=O) groups excluding carboxylic acids is 1. The van der Waals surface area contributed by atoms with Crippen LogP contribution < -0.4 is 10.2 Å². The van der Waals surface area contributed by atoms with Gasteiger partial charge in [0.25, 0.3) is 0 Å². The van der Waals surface area contributed by atoms with Gasteiger partial charge in [0, 0.05) is 51.0 Å². The highest BCUT2D eigenvalue weighted by molar-refractivity contribution is 5.74. The number of hydrogen-bond acceptors (Lipinski definition) is 3. The number of piperazine rings is 1. The van der Waals surface area contributed by atoms with Crippen molar-refractivity contribution in [1.29, 1.82) is 0 Å². The molecule has 3 rings (SSSR count). The number of carbonyl (C=O) groups is 1. The van der Waals surface area contributed by atoms with Crippen LogP contribution in [0.1, 0.15) is 17.0 Å². The molecule has 1 aliphatic rings. The van der Waals surface area contributed by atoms with Crippen molar-refractivity contribution in [3.63, 3.8) is 0 Å². The molecule has 0 aliphatic carbocycles. The molecule has 1 aliphatic heterocycles. The van der Waals surface area contributed by atoms with Gasteiger partial charge in [-0.05, 0) is 26.0 Å². The number of aromatic nitrogens is 2. The number of benzene rings is 1. The monoisotopic (exact) mass is 345 g/mol. The molecule has 6 nitrogen and oxygen atoms in total. The van der Waals surface area contributed by atoms with Crippen LogP contribution in [0.3, 0.4) is 0 Å². The predicted molar refractivity (Wildman–Crippen MR) is 95.1 cm³/mol. The van der Waals surface area contributed by atoms with E-state index in [-0.39, 0.29) is 11.8 Å². The van der Waals surface area contributed by atoms with Crippen molar-refractivity contribution in [2.45, 2.75) is 20.4 Å². The summed E-state index contributed by atoms with van der Waals surface area (Å²) in [6, 6.07) is 6.67. The third-order valence-electron chi connectivity index (χ3n) is 4.84. The largest absolute Gasteiger partial charge is 0.366 e. The summed E-state index contributed by atoms with van der Waals surface area (Å²) in [5.74, 6) is -0.220. The highest BCUT2D eigenvalue weighted by Gasteiger charge is 2.23. The Labute approximate surface area is 147 Å². The quantitative estimate of drug-likeness (QED) is 0.928.